The summed E-state index contributed by atoms with van der Waals surface area (Å²) in [5.41, 5.74) is 1.30. The zero-order valence-electron chi connectivity index (χ0n) is 13.4. The second kappa shape index (κ2) is 12.0. The fraction of sp³-hybridized carbons (Fsp3) is 0.611. The van der Waals surface area contributed by atoms with E-state index in [9.17, 15) is 4.79 Å². The maximum atomic E-state index is 10.7. The molecule has 0 spiro atoms. The number of carbonyl (C=O) groups is 1. The molecule has 0 aliphatic carbocycles. The van der Waals surface area contributed by atoms with Gasteiger partial charge in [-0.15, -0.1) is 0 Å². The van der Waals surface area contributed by atoms with Gasteiger partial charge in [-0.1, -0.05) is 44.9 Å². The average Bonchev–Trinajstić information content (AvgIpc) is 2.53. The van der Waals surface area contributed by atoms with Gasteiger partial charge in [0.25, 0.3) is 0 Å². The van der Waals surface area contributed by atoms with Crippen LogP contribution in [-0.2, 0) is 0 Å². The highest BCUT2D eigenvalue weighted by Gasteiger charge is 2.01. The molecule has 4 nitrogen and oxygen atoms in total. The van der Waals surface area contributed by atoms with Crippen molar-refractivity contribution in [2.45, 2.75) is 57.8 Å². The molecule has 0 saturated carbocycles. The lowest BCUT2D eigenvalue weighted by Crippen LogP contribution is -2.02. The van der Waals surface area contributed by atoms with E-state index in [2.05, 4.69) is 5.32 Å². The van der Waals surface area contributed by atoms with Crippen LogP contribution in [0.2, 0.25) is 0 Å². The van der Waals surface area contributed by atoms with E-state index in [1.165, 1.54) is 38.5 Å². The largest absolute Gasteiger partial charge is 0.478 e. The number of benzene rings is 1. The van der Waals surface area contributed by atoms with E-state index in [4.69, 9.17) is 10.2 Å². The summed E-state index contributed by atoms with van der Waals surface area (Å²) < 4.78 is 0. The van der Waals surface area contributed by atoms with Gasteiger partial charge in [0, 0.05) is 18.8 Å². The van der Waals surface area contributed by atoms with Gasteiger partial charge >= 0.3 is 5.97 Å². The third-order valence-corrected chi connectivity index (χ3v) is 3.80. The second-order valence-corrected chi connectivity index (χ2v) is 5.71. The number of aliphatic hydroxyl groups is 1. The van der Waals surface area contributed by atoms with Crippen LogP contribution < -0.4 is 5.32 Å². The summed E-state index contributed by atoms with van der Waals surface area (Å²) in [6.45, 7) is 1.26. The van der Waals surface area contributed by atoms with E-state index in [0.717, 1.165) is 31.5 Å². The fourth-order valence-corrected chi connectivity index (χ4v) is 2.44. The van der Waals surface area contributed by atoms with Crippen LogP contribution in [0.25, 0.3) is 0 Å². The summed E-state index contributed by atoms with van der Waals surface area (Å²) in [5, 5.41) is 20.8. The molecule has 22 heavy (non-hydrogen) atoms. The van der Waals surface area contributed by atoms with Crippen LogP contribution in [0, 0.1) is 0 Å². The van der Waals surface area contributed by atoms with Gasteiger partial charge < -0.3 is 15.5 Å². The fourth-order valence-electron chi connectivity index (χ4n) is 2.44. The van der Waals surface area contributed by atoms with Gasteiger partial charge in [0.15, 0.2) is 0 Å². The molecule has 0 fully saturated rings. The molecule has 4 heteroatoms. The number of aromatic carboxylic acids is 1. The van der Waals surface area contributed by atoms with Crippen LogP contribution in [0.4, 0.5) is 5.69 Å². The molecule has 0 heterocycles. The van der Waals surface area contributed by atoms with Crippen molar-refractivity contribution in [1.82, 2.24) is 0 Å². The van der Waals surface area contributed by atoms with Crippen molar-refractivity contribution in [3.63, 3.8) is 0 Å². The summed E-state index contributed by atoms with van der Waals surface area (Å²) >= 11 is 0. The number of anilines is 1. The van der Waals surface area contributed by atoms with Gasteiger partial charge in [-0.3, -0.25) is 0 Å². The predicted octanol–water partition coefficient (Wildman–Crippen LogP) is 4.30. The normalized spacial score (nSPS) is 10.6. The maximum absolute atomic E-state index is 10.7. The van der Waals surface area contributed by atoms with Crippen molar-refractivity contribution in [2.24, 2.45) is 0 Å². The van der Waals surface area contributed by atoms with Crippen molar-refractivity contribution in [2.75, 3.05) is 18.5 Å². The number of aliphatic hydroxyl groups excluding tert-OH is 1. The molecule has 3 N–H and O–H groups in total. The van der Waals surface area contributed by atoms with Crippen LogP contribution in [0.1, 0.15) is 68.1 Å². The van der Waals surface area contributed by atoms with Crippen molar-refractivity contribution in [3.8, 4) is 0 Å². The smallest absolute Gasteiger partial charge is 0.335 e. The molecule has 0 atom stereocenters. The Morgan fingerprint density at radius 1 is 0.818 bits per heavy atom. The van der Waals surface area contributed by atoms with Crippen molar-refractivity contribution in [1.29, 1.82) is 0 Å². The third-order valence-electron chi connectivity index (χ3n) is 3.80. The molecule has 0 radical (unpaired) electrons. The van der Waals surface area contributed by atoms with E-state index in [0.29, 0.717) is 12.2 Å². The molecule has 0 aromatic heterocycles. The van der Waals surface area contributed by atoms with Crippen LogP contribution in [0.3, 0.4) is 0 Å². The highest BCUT2D eigenvalue weighted by atomic mass is 16.4. The van der Waals surface area contributed by atoms with E-state index < -0.39 is 5.97 Å². The maximum Gasteiger partial charge on any atom is 0.335 e. The van der Waals surface area contributed by atoms with Crippen molar-refractivity contribution >= 4 is 11.7 Å². The predicted molar refractivity (Wildman–Crippen MR) is 90.5 cm³/mol. The van der Waals surface area contributed by atoms with E-state index in [1.807, 2.05) is 12.1 Å². The molecule has 0 unspecified atom stereocenters. The van der Waals surface area contributed by atoms with Crippen molar-refractivity contribution in [3.05, 3.63) is 29.8 Å². The Hall–Kier alpha value is -1.55. The third kappa shape index (κ3) is 8.67. The summed E-state index contributed by atoms with van der Waals surface area (Å²) in [5.74, 6) is -0.886. The first-order valence-electron chi connectivity index (χ1n) is 8.42. The van der Waals surface area contributed by atoms with Gasteiger partial charge in [0.1, 0.15) is 0 Å². The number of hydrogen-bond donors (Lipinski definition) is 3. The molecule has 0 bridgehead atoms. The number of rotatable bonds is 13. The molecule has 0 aliphatic heterocycles. The Bertz CT molecular complexity index is 403. The van der Waals surface area contributed by atoms with E-state index >= 15 is 0 Å². The summed E-state index contributed by atoms with van der Waals surface area (Å²) in [6, 6.07) is 6.88. The highest BCUT2D eigenvalue weighted by molar-refractivity contribution is 5.87. The van der Waals surface area contributed by atoms with Crippen molar-refractivity contribution < 1.29 is 15.0 Å². The minimum Gasteiger partial charge on any atom is -0.478 e. The number of hydrogen-bond acceptors (Lipinski definition) is 3. The molecule has 0 amide bonds. The number of unbranched alkanes of at least 4 members (excludes halogenated alkanes) is 8. The first-order valence-corrected chi connectivity index (χ1v) is 8.42. The van der Waals surface area contributed by atoms with Crippen LogP contribution >= 0.6 is 0 Å². The van der Waals surface area contributed by atoms with Gasteiger partial charge in [-0.05, 0) is 37.1 Å². The molecule has 1 aromatic carbocycles. The number of carboxylic acids is 1. The lowest BCUT2D eigenvalue weighted by molar-refractivity contribution is 0.0697. The first-order chi connectivity index (χ1) is 10.7. The van der Waals surface area contributed by atoms with Gasteiger partial charge in [-0.25, -0.2) is 4.79 Å². The molecule has 0 aliphatic rings. The van der Waals surface area contributed by atoms with Crippen LogP contribution in [0.5, 0.6) is 0 Å². The standard InChI is InChI=1S/C18H29NO3/c20-15-9-7-5-3-1-2-4-6-8-14-19-17-12-10-16(11-13-17)18(21)22/h10-13,19-20H,1-9,14-15H2,(H,21,22). The van der Waals surface area contributed by atoms with Gasteiger partial charge in [0.2, 0.25) is 0 Å². The molecular weight excluding hydrogens is 278 g/mol. The molecule has 0 saturated heterocycles. The van der Waals surface area contributed by atoms with Crippen LogP contribution in [-0.4, -0.2) is 29.3 Å². The molecule has 124 valence electrons. The van der Waals surface area contributed by atoms with E-state index in [1.54, 1.807) is 12.1 Å². The number of nitrogens with one attached hydrogen (secondary N) is 1. The van der Waals surface area contributed by atoms with Gasteiger partial charge in [0.05, 0.1) is 5.56 Å². The Kier molecular flexibility index (Phi) is 10.1. The molecule has 1 rings (SSSR count). The Morgan fingerprint density at radius 2 is 1.32 bits per heavy atom. The summed E-state index contributed by atoms with van der Waals surface area (Å²) in [4.78, 5) is 10.7. The summed E-state index contributed by atoms with van der Waals surface area (Å²) in [7, 11) is 0. The van der Waals surface area contributed by atoms with E-state index in [-0.39, 0.29) is 0 Å². The Morgan fingerprint density at radius 3 is 1.82 bits per heavy atom. The van der Waals surface area contributed by atoms with Crippen LogP contribution in [0.15, 0.2) is 24.3 Å². The monoisotopic (exact) mass is 307 g/mol. The second-order valence-electron chi connectivity index (χ2n) is 5.71. The summed E-state index contributed by atoms with van der Waals surface area (Å²) in [6.07, 6.45) is 10.9. The van der Waals surface area contributed by atoms with Gasteiger partial charge in [-0.2, -0.15) is 0 Å². The SMILES string of the molecule is O=C(O)c1ccc(NCCCCCCCCCCCO)cc1. The Balaban J connectivity index is 1.94. The molecular formula is C18H29NO3. The first kappa shape index (κ1) is 18.5. The average molecular weight is 307 g/mol. The lowest BCUT2D eigenvalue weighted by atomic mass is 10.1. The number of carboxylic acid groups (broad SMARTS) is 1. The topological polar surface area (TPSA) is 69.6 Å². The highest BCUT2D eigenvalue weighted by Crippen LogP contribution is 2.12. The minimum atomic E-state index is -0.886. The lowest BCUT2D eigenvalue weighted by Gasteiger charge is -2.06. The Labute approximate surface area is 133 Å². The molecule has 1 aromatic rings. The minimum absolute atomic E-state index is 0.324. The quantitative estimate of drug-likeness (QED) is 0.475. The zero-order valence-corrected chi connectivity index (χ0v) is 13.4. The zero-order chi connectivity index (χ0) is 16.0.